The maximum Gasteiger partial charge on any atom is 0.262 e. The highest BCUT2D eigenvalue weighted by Gasteiger charge is 2.19. The molecule has 0 radical (unpaired) electrons. The van der Waals surface area contributed by atoms with Gasteiger partial charge in [-0.05, 0) is 48.5 Å². The number of carbonyl (C=O) groups excluding carboxylic acids is 1. The molecule has 0 aliphatic carbocycles. The number of hydrogen-bond acceptors (Lipinski definition) is 4. The molecule has 6 nitrogen and oxygen atoms in total. The van der Waals surface area contributed by atoms with Crippen LogP contribution in [0.3, 0.4) is 0 Å². The van der Waals surface area contributed by atoms with Crippen molar-refractivity contribution in [2.75, 3.05) is 26.2 Å². The van der Waals surface area contributed by atoms with Crippen LogP contribution in [0.4, 0.5) is 4.39 Å². The van der Waals surface area contributed by atoms with E-state index in [2.05, 4.69) is 9.88 Å². The predicted octanol–water partition coefficient (Wildman–Crippen LogP) is 3.32. The van der Waals surface area contributed by atoms with Gasteiger partial charge in [-0.15, -0.1) is 0 Å². The Balaban J connectivity index is 1.36. The Morgan fingerprint density at radius 3 is 2.61 bits per heavy atom. The first kappa shape index (κ1) is 21.4. The quantitative estimate of drug-likeness (QED) is 0.619. The van der Waals surface area contributed by atoms with Crippen LogP contribution >= 0.6 is 12.2 Å². The zero-order valence-corrected chi connectivity index (χ0v) is 18.0. The minimum atomic E-state index is -0.234. The Morgan fingerprint density at radius 2 is 1.81 bits per heavy atom. The summed E-state index contributed by atoms with van der Waals surface area (Å²) in [6.07, 6.45) is 1.11. The smallest absolute Gasteiger partial charge is 0.262 e. The molecule has 3 aromatic rings. The fourth-order valence-electron chi connectivity index (χ4n) is 3.99. The molecule has 8 heteroatoms. The van der Waals surface area contributed by atoms with Crippen LogP contribution in [-0.4, -0.2) is 51.4 Å². The number of nitrogens with zero attached hydrogens (tertiary/aromatic N) is 3. The van der Waals surface area contributed by atoms with E-state index in [1.54, 1.807) is 18.2 Å². The van der Waals surface area contributed by atoms with Crippen molar-refractivity contribution in [1.29, 1.82) is 0 Å². The zero-order valence-electron chi connectivity index (χ0n) is 17.2. The normalized spacial score (nSPS) is 15.2. The third-order valence-corrected chi connectivity index (χ3v) is 6.02. The standard InChI is InChI=1S/C23H25FN4O2S/c24-18-8-6-17(7-9-18)16-26-11-3-12-27(15-14-26)21(29)10-13-28-22(30)19-4-1-2-5-20(19)25-23(28)31/h1-2,4-9H,3,10-16H2,(H,25,31). The lowest BCUT2D eigenvalue weighted by molar-refractivity contribution is -0.131. The number of nitrogens with one attached hydrogen (secondary N) is 1. The Kier molecular flexibility index (Phi) is 6.58. The van der Waals surface area contributed by atoms with E-state index in [0.717, 1.165) is 31.6 Å². The summed E-state index contributed by atoms with van der Waals surface area (Å²) in [4.78, 5) is 32.8. The number of fused-ring (bicyclic) bond motifs is 1. The van der Waals surface area contributed by atoms with E-state index in [-0.39, 0.29) is 30.2 Å². The minimum absolute atomic E-state index is 0.0260. The Bertz CT molecular complexity index is 1190. The maximum absolute atomic E-state index is 13.1. The number of amides is 1. The summed E-state index contributed by atoms with van der Waals surface area (Å²) in [5.74, 6) is -0.208. The van der Waals surface area contributed by atoms with E-state index in [0.29, 0.717) is 28.8 Å². The van der Waals surface area contributed by atoms with Gasteiger partial charge >= 0.3 is 0 Å². The summed E-state index contributed by atoms with van der Waals surface area (Å²) in [7, 11) is 0. The highest BCUT2D eigenvalue weighted by atomic mass is 32.1. The highest BCUT2D eigenvalue weighted by Crippen LogP contribution is 2.12. The minimum Gasteiger partial charge on any atom is -0.341 e. The molecule has 1 fully saturated rings. The summed E-state index contributed by atoms with van der Waals surface area (Å²) in [6.45, 7) is 3.98. The summed E-state index contributed by atoms with van der Waals surface area (Å²) in [6, 6.07) is 13.8. The van der Waals surface area contributed by atoms with Crippen molar-refractivity contribution < 1.29 is 9.18 Å². The Labute approximate surface area is 184 Å². The van der Waals surface area contributed by atoms with Gasteiger partial charge in [0.05, 0.1) is 10.9 Å². The maximum atomic E-state index is 13.1. The van der Waals surface area contributed by atoms with Crippen LogP contribution in [0.5, 0.6) is 0 Å². The van der Waals surface area contributed by atoms with Crippen LogP contribution in [0.2, 0.25) is 0 Å². The van der Waals surface area contributed by atoms with Crippen LogP contribution < -0.4 is 5.56 Å². The van der Waals surface area contributed by atoms with Gasteiger partial charge in [-0.2, -0.15) is 0 Å². The zero-order chi connectivity index (χ0) is 21.8. The molecule has 1 aromatic heterocycles. The second kappa shape index (κ2) is 9.53. The third kappa shape index (κ3) is 5.08. The number of halogens is 1. The second-order valence-corrected chi connectivity index (χ2v) is 8.21. The molecular weight excluding hydrogens is 415 g/mol. The average Bonchev–Trinajstić information content (AvgIpc) is 3.01. The van der Waals surface area contributed by atoms with E-state index < -0.39 is 0 Å². The monoisotopic (exact) mass is 440 g/mol. The number of para-hydroxylation sites is 1. The SMILES string of the molecule is O=C(CCn1c(=S)[nH]c2ccccc2c1=O)N1CCCN(Cc2ccc(F)cc2)CC1. The van der Waals surface area contributed by atoms with Gasteiger partial charge in [-0.3, -0.25) is 19.1 Å². The molecule has 0 saturated carbocycles. The summed E-state index contributed by atoms with van der Waals surface area (Å²) in [5.41, 5.74) is 1.59. The van der Waals surface area contributed by atoms with Crippen molar-refractivity contribution >= 4 is 29.0 Å². The van der Waals surface area contributed by atoms with Gasteiger partial charge in [-0.1, -0.05) is 24.3 Å². The van der Waals surface area contributed by atoms with E-state index >= 15 is 0 Å². The van der Waals surface area contributed by atoms with Gasteiger partial charge in [0, 0.05) is 45.7 Å². The fourth-order valence-corrected chi connectivity index (χ4v) is 4.28. The molecule has 0 atom stereocenters. The molecule has 1 saturated heterocycles. The lowest BCUT2D eigenvalue weighted by atomic mass is 10.2. The van der Waals surface area contributed by atoms with Gasteiger partial charge in [0.15, 0.2) is 4.77 Å². The highest BCUT2D eigenvalue weighted by molar-refractivity contribution is 7.71. The lowest BCUT2D eigenvalue weighted by Gasteiger charge is -2.22. The lowest BCUT2D eigenvalue weighted by Crippen LogP contribution is -2.36. The number of aromatic nitrogens is 2. The number of H-pyrrole nitrogens is 1. The Morgan fingerprint density at radius 1 is 1.03 bits per heavy atom. The van der Waals surface area contributed by atoms with Crippen molar-refractivity contribution in [3.05, 3.63) is 75.0 Å². The molecule has 1 aliphatic heterocycles. The van der Waals surface area contributed by atoms with Gasteiger partial charge < -0.3 is 9.88 Å². The van der Waals surface area contributed by atoms with Gasteiger partial charge in [0.25, 0.3) is 5.56 Å². The summed E-state index contributed by atoms with van der Waals surface area (Å²) >= 11 is 5.34. The van der Waals surface area contributed by atoms with Crippen LogP contribution in [-0.2, 0) is 17.9 Å². The summed E-state index contributed by atoms with van der Waals surface area (Å²) < 4.78 is 14.9. The van der Waals surface area contributed by atoms with Crippen molar-refractivity contribution in [3.8, 4) is 0 Å². The largest absolute Gasteiger partial charge is 0.341 e. The number of benzene rings is 2. The van der Waals surface area contributed by atoms with Gasteiger partial charge in [0.1, 0.15) is 5.82 Å². The first-order valence-corrected chi connectivity index (χ1v) is 10.9. The molecule has 0 spiro atoms. The molecular formula is C23H25FN4O2S. The first-order valence-electron chi connectivity index (χ1n) is 10.5. The molecule has 2 aromatic carbocycles. The Hall–Kier alpha value is -2.84. The van der Waals surface area contributed by atoms with Crippen molar-refractivity contribution in [2.24, 2.45) is 0 Å². The molecule has 0 unspecified atom stereocenters. The van der Waals surface area contributed by atoms with Crippen LogP contribution in [0, 0.1) is 10.6 Å². The molecule has 31 heavy (non-hydrogen) atoms. The predicted molar refractivity (Wildman–Crippen MR) is 121 cm³/mol. The summed E-state index contributed by atoms with van der Waals surface area (Å²) in [5, 5.41) is 0.565. The van der Waals surface area contributed by atoms with E-state index in [1.165, 1.54) is 16.7 Å². The van der Waals surface area contributed by atoms with Crippen LogP contribution in [0.15, 0.2) is 53.3 Å². The van der Waals surface area contributed by atoms with Crippen molar-refractivity contribution in [1.82, 2.24) is 19.4 Å². The van der Waals surface area contributed by atoms with Crippen molar-refractivity contribution in [2.45, 2.75) is 25.9 Å². The molecule has 0 bridgehead atoms. The number of rotatable bonds is 5. The number of aromatic amines is 1. The van der Waals surface area contributed by atoms with Crippen LogP contribution in [0.1, 0.15) is 18.4 Å². The van der Waals surface area contributed by atoms with Crippen molar-refractivity contribution in [3.63, 3.8) is 0 Å². The molecule has 1 aliphatic rings. The van der Waals surface area contributed by atoms with E-state index in [4.69, 9.17) is 12.2 Å². The number of hydrogen-bond donors (Lipinski definition) is 1. The second-order valence-electron chi connectivity index (χ2n) is 7.82. The molecule has 162 valence electrons. The van der Waals surface area contributed by atoms with Gasteiger partial charge in [-0.25, -0.2) is 4.39 Å². The van der Waals surface area contributed by atoms with Crippen LogP contribution in [0.25, 0.3) is 10.9 Å². The fraction of sp³-hybridized carbons (Fsp3) is 0.348. The average molecular weight is 441 g/mol. The first-order chi connectivity index (χ1) is 15.0. The molecule has 1 N–H and O–H groups in total. The van der Waals surface area contributed by atoms with E-state index in [9.17, 15) is 14.0 Å². The molecule has 1 amide bonds. The third-order valence-electron chi connectivity index (χ3n) is 5.70. The number of carbonyl (C=O) groups is 1. The molecule has 2 heterocycles. The molecule has 4 rings (SSSR count). The van der Waals surface area contributed by atoms with Gasteiger partial charge in [0.2, 0.25) is 5.91 Å². The topological polar surface area (TPSA) is 61.3 Å². The van der Waals surface area contributed by atoms with E-state index in [1.807, 2.05) is 23.1 Å².